The topological polar surface area (TPSA) is 97.0 Å². The van der Waals surface area contributed by atoms with Crippen LogP contribution in [-0.4, -0.2) is 38.8 Å². The molecule has 0 radical (unpaired) electrons. The van der Waals surface area contributed by atoms with Gasteiger partial charge in [0.2, 0.25) is 11.9 Å². The minimum atomic E-state index is -0.294. The number of hydrogen-bond acceptors (Lipinski definition) is 6. The fraction of sp³-hybridized carbons (Fsp3) is 0.333. The van der Waals surface area contributed by atoms with Gasteiger partial charge in [0.05, 0.1) is 6.54 Å². The highest BCUT2D eigenvalue weighted by molar-refractivity contribution is 5.76. The monoisotopic (exact) mass is 298 g/mol. The number of aromatic nitrogens is 3. The summed E-state index contributed by atoms with van der Waals surface area (Å²) in [4.78, 5) is 25.8. The van der Waals surface area contributed by atoms with Gasteiger partial charge in [-0.05, 0) is 43.1 Å². The zero-order valence-corrected chi connectivity index (χ0v) is 12.1. The summed E-state index contributed by atoms with van der Waals surface area (Å²) in [6.07, 6.45) is 7.17. The van der Waals surface area contributed by atoms with Gasteiger partial charge in [-0.25, -0.2) is 15.0 Å². The van der Waals surface area contributed by atoms with E-state index < -0.39 is 0 Å². The SMILES string of the molecule is NC(=O)CN1CCC[C@H]1c1ccnc(Nc2ncccn2)c1. The van der Waals surface area contributed by atoms with E-state index in [0.717, 1.165) is 24.9 Å². The first-order chi connectivity index (χ1) is 10.7. The lowest BCUT2D eigenvalue weighted by Gasteiger charge is -2.23. The number of carbonyl (C=O) groups is 1. The molecule has 2 aromatic heterocycles. The minimum Gasteiger partial charge on any atom is -0.369 e. The number of rotatable bonds is 5. The Morgan fingerprint density at radius 3 is 2.91 bits per heavy atom. The lowest BCUT2D eigenvalue weighted by molar-refractivity contribution is -0.119. The molecular formula is C15H18N6O. The highest BCUT2D eigenvalue weighted by atomic mass is 16.1. The van der Waals surface area contributed by atoms with Crippen LogP contribution in [0.1, 0.15) is 24.4 Å². The van der Waals surface area contributed by atoms with E-state index in [4.69, 9.17) is 5.73 Å². The normalized spacial score (nSPS) is 18.3. The van der Waals surface area contributed by atoms with Crippen molar-refractivity contribution in [2.75, 3.05) is 18.4 Å². The number of carbonyl (C=O) groups excluding carboxylic acids is 1. The van der Waals surface area contributed by atoms with Gasteiger partial charge in [-0.3, -0.25) is 9.69 Å². The van der Waals surface area contributed by atoms with Gasteiger partial charge < -0.3 is 11.1 Å². The molecule has 1 aliphatic heterocycles. The van der Waals surface area contributed by atoms with E-state index in [1.54, 1.807) is 24.7 Å². The molecule has 0 saturated carbocycles. The van der Waals surface area contributed by atoms with Gasteiger partial charge in [-0.15, -0.1) is 0 Å². The standard InChI is InChI=1S/C15H18N6O/c16-13(22)10-21-8-1-3-12(21)11-4-7-17-14(9-11)20-15-18-5-2-6-19-15/h2,4-7,9,12H,1,3,8,10H2,(H2,16,22)(H,17,18,19,20)/t12-/m0/s1. The Morgan fingerprint density at radius 2 is 2.14 bits per heavy atom. The van der Waals surface area contributed by atoms with Crippen LogP contribution in [-0.2, 0) is 4.79 Å². The molecule has 1 atom stereocenters. The quantitative estimate of drug-likeness (QED) is 0.862. The van der Waals surface area contributed by atoms with Crippen molar-refractivity contribution in [2.24, 2.45) is 5.73 Å². The molecule has 2 aromatic rings. The molecule has 3 heterocycles. The average Bonchev–Trinajstić information content (AvgIpc) is 2.96. The molecular weight excluding hydrogens is 280 g/mol. The highest BCUT2D eigenvalue weighted by Crippen LogP contribution is 2.32. The van der Waals surface area contributed by atoms with Crippen LogP contribution in [0.4, 0.5) is 11.8 Å². The molecule has 0 bridgehead atoms. The van der Waals surface area contributed by atoms with Gasteiger partial charge in [0.25, 0.3) is 0 Å². The third kappa shape index (κ3) is 3.37. The summed E-state index contributed by atoms with van der Waals surface area (Å²) < 4.78 is 0. The van der Waals surface area contributed by atoms with E-state index in [9.17, 15) is 4.79 Å². The van der Waals surface area contributed by atoms with E-state index in [2.05, 4.69) is 25.2 Å². The largest absolute Gasteiger partial charge is 0.369 e. The second kappa shape index (κ2) is 6.48. The molecule has 3 rings (SSSR count). The molecule has 1 saturated heterocycles. The molecule has 0 unspecified atom stereocenters. The van der Waals surface area contributed by atoms with Crippen molar-refractivity contribution in [1.82, 2.24) is 19.9 Å². The lowest BCUT2D eigenvalue weighted by Crippen LogP contribution is -2.33. The number of anilines is 2. The number of hydrogen-bond donors (Lipinski definition) is 2. The number of amides is 1. The van der Waals surface area contributed by atoms with Crippen molar-refractivity contribution in [2.45, 2.75) is 18.9 Å². The average molecular weight is 298 g/mol. The fourth-order valence-corrected chi connectivity index (χ4v) is 2.79. The zero-order chi connectivity index (χ0) is 15.4. The molecule has 0 aliphatic carbocycles. The van der Waals surface area contributed by atoms with Crippen molar-refractivity contribution in [1.29, 1.82) is 0 Å². The van der Waals surface area contributed by atoms with Crippen molar-refractivity contribution in [3.8, 4) is 0 Å². The molecule has 0 aromatic carbocycles. The summed E-state index contributed by atoms with van der Waals surface area (Å²) in [5.41, 5.74) is 6.44. The van der Waals surface area contributed by atoms with E-state index >= 15 is 0 Å². The molecule has 22 heavy (non-hydrogen) atoms. The first-order valence-corrected chi connectivity index (χ1v) is 7.25. The Bertz CT molecular complexity index is 647. The number of likely N-dealkylation sites (tertiary alicyclic amines) is 1. The molecule has 1 fully saturated rings. The Hall–Kier alpha value is -2.54. The number of nitrogens with one attached hydrogen (secondary N) is 1. The van der Waals surface area contributed by atoms with Crippen LogP contribution in [0.25, 0.3) is 0 Å². The number of nitrogens with two attached hydrogens (primary N) is 1. The first kappa shape index (κ1) is 14.4. The molecule has 7 heteroatoms. The lowest BCUT2D eigenvalue weighted by atomic mass is 10.1. The summed E-state index contributed by atoms with van der Waals surface area (Å²) in [5.74, 6) is 0.902. The predicted molar refractivity (Wildman–Crippen MR) is 82.3 cm³/mol. The number of primary amides is 1. The van der Waals surface area contributed by atoms with Gasteiger partial charge in [-0.1, -0.05) is 0 Å². The summed E-state index contributed by atoms with van der Waals surface area (Å²) in [6, 6.07) is 5.91. The number of nitrogens with zero attached hydrogens (tertiary/aromatic N) is 4. The Labute approximate surface area is 128 Å². The van der Waals surface area contributed by atoms with Crippen molar-refractivity contribution < 1.29 is 4.79 Å². The fourth-order valence-electron chi connectivity index (χ4n) is 2.79. The maximum Gasteiger partial charge on any atom is 0.231 e. The summed E-state index contributed by atoms with van der Waals surface area (Å²) in [7, 11) is 0. The van der Waals surface area contributed by atoms with Gasteiger partial charge in [0.15, 0.2) is 0 Å². The first-order valence-electron chi connectivity index (χ1n) is 7.25. The van der Waals surface area contributed by atoms with E-state index in [-0.39, 0.29) is 18.5 Å². The van der Waals surface area contributed by atoms with E-state index in [0.29, 0.717) is 11.8 Å². The van der Waals surface area contributed by atoms with Crippen LogP contribution in [0.5, 0.6) is 0 Å². The van der Waals surface area contributed by atoms with E-state index in [1.165, 1.54) is 0 Å². The van der Waals surface area contributed by atoms with Crippen LogP contribution < -0.4 is 11.1 Å². The Morgan fingerprint density at radius 1 is 1.32 bits per heavy atom. The highest BCUT2D eigenvalue weighted by Gasteiger charge is 2.27. The third-order valence-electron chi connectivity index (χ3n) is 3.70. The van der Waals surface area contributed by atoms with E-state index in [1.807, 2.05) is 12.1 Å². The molecule has 114 valence electrons. The van der Waals surface area contributed by atoms with Crippen LogP contribution in [0, 0.1) is 0 Å². The minimum absolute atomic E-state index is 0.202. The summed E-state index contributed by atoms with van der Waals surface area (Å²) in [6.45, 7) is 1.18. The molecule has 1 aliphatic rings. The smallest absolute Gasteiger partial charge is 0.231 e. The predicted octanol–water partition coefficient (Wildman–Crippen LogP) is 1.24. The van der Waals surface area contributed by atoms with Crippen LogP contribution in [0.2, 0.25) is 0 Å². The Kier molecular flexibility index (Phi) is 4.24. The van der Waals surface area contributed by atoms with Crippen molar-refractivity contribution in [3.63, 3.8) is 0 Å². The maximum atomic E-state index is 11.2. The molecule has 0 spiro atoms. The third-order valence-corrected chi connectivity index (χ3v) is 3.70. The zero-order valence-electron chi connectivity index (χ0n) is 12.1. The van der Waals surface area contributed by atoms with Crippen LogP contribution >= 0.6 is 0 Å². The maximum absolute atomic E-state index is 11.2. The summed E-state index contributed by atoms with van der Waals surface area (Å²) in [5, 5.41) is 3.08. The summed E-state index contributed by atoms with van der Waals surface area (Å²) >= 11 is 0. The molecule has 3 N–H and O–H groups in total. The molecule has 1 amide bonds. The van der Waals surface area contributed by atoms with Gasteiger partial charge in [-0.2, -0.15) is 0 Å². The van der Waals surface area contributed by atoms with Gasteiger partial charge >= 0.3 is 0 Å². The van der Waals surface area contributed by atoms with Crippen molar-refractivity contribution in [3.05, 3.63) is 42.4 Å². The van der Waals surface area contributed by atoms with Crippen LogP contribution in [0.15, 0.2) is 36.8 Å². The van der Waals surface area contributed by atoms with Crippen LogP contribution in [0.3, 0.4) is 0 Å². The Balaban J connectivity index is 1.77. The second-order valence-electron chi connectivity index (χ2n) is 5.27. The second-order valence-corrected chi connectivity index (χ2v) is 5.27. The van der Waals surface area contributed by atoms with Gasteiger partial charge in [0.1, 0.15) is 5.82 Å². The van der Waals surface area contributed by atoms with Crippen molar-refractivity contribution >= 4 is 17.7 Å². The van der Waals surface area contributed by atoms with Gasteiger partial charge in [0, 0.05) is 24.6 Å². The molecule has 7 nitrogen and oxygen atoms in total. The number of pyridine rings is 1.